The van der Waals surface area contributed by atoms with Gasteiger partial charge >= 0.3 is 0 Å². The average molecular weight is 109 g/mol. The normalized spacial score (nSPS) is 54.0. The maximum atomic E-state index is 3.68. The molecule has 3 aliphatic rings. The second-order valence-corrected chi connectivity index (χ2v) is 3.73. The Kier molecular flexibility index (Phi) is 0.418. The van der Waals surface area contributed by atoms with Crippen molar-refractivity contribution in [3.63, 3.8) is 0 Å². The van der Waals surface area contributed by atoms with E-state index in [9.17, 15) is 0 Å². The number of rotatable bonds is 0. The summed E-state index contributed by atoms with van der Waals surface area (Å²) < 4.78 is 0. The van der Waals surface area contributed by atoms with Crippen molar-refractivity contribution in [1.82, 2.24) is 5.32 Å². The first kappa shape index (κ1) is 3.89. The second-order valence-electron chi connectivity index (χ2n) is 3.73. The summed E-state index contributed by atoms with van der Waals surface area (Å²) in [7, 11) is 0. The van der Waals surface area contributed by atoms with Gasteiger partial charge in [-0.15, -0.1) is 0 Å². The van der Waals surface area contributed by atoms with Gasteiger partial charge in [0.15, 0.2) is 0 Å². The maximum Gasteiger partial charge on any atom is 0.0188 e. The Hall–Kier alpha value is -0.0400. The summed E-state index contributed by atoms with van der Waals surface area (Å²) >= 11 is 0. The van der Waals surface area contributed by atoms with Gasteiger partial charge in [-0.05, 0) is 31.6 Å². The van der Waals surface area contributed by atoms with Crippen LogP contribution in [0, 0.1) is 5.92 Å². The summed E-state index contributed by atoms with van der Waals surface area (Å²) in [5.74, 6) is 1.11. The van der Waals surface area contributed by atoms with Crippen LogP contribution < -0.4 is 5.32 Å². The highest BCUT2D eigenvalue weighted by atomic mass is 15.1. The molecule has 0 aromatic rings. The minimum absolute atomic E-state index is 0.716. The van der Waals surface area contributed by atoms with Crippen molar-refractivity contribution in [3.05, 3.63) is 0 Å². The molecule has 0 aromatic heterocycles. The lowest BCUT2D eigenvalue weighted by molar-refractivity contribution is 0.528. The van der Waals surface area contributed by atoms with Crippen molar-refractivity contribution in [2.75, 3.05) is 0 Å². The molecule has 1 aliphatic heterocycles. The molecule has 2 aliphatic carbocycles. The zero-order valence-electron chi connectivity index (χ0n) is 4.98. The van der Waals surface area contributed by atoms with Crippen LogP contribution in [0.1, 0.15) is 25.7 Å². The first-order valence-corrected chi connectivity index (χ1v) is 3.66. The molecule has 0 aromatic carbocycles. The molecule has 44 valence electrons. The van der Waals surface area contributed by atoms with Gasteiger partial charge in [-0.3, -0.25) is 0 Å². The predicted octanol–water partition coefficient (Wildman–Crippen LogP) is 0.901. The van der Waals surface area contributed by atoms with Crippen LogP contribution in [0.3, 0.4) is 0 Å². The molecule has 1 spiro atoms. The van der Waals surface area contributed by atoms with E-state index in [4.69, 9.17) is 0 Å². The predicted molar refractivity (Wildman–Crippen MR) is 31.6 cm³/mol. The van der Waals surface area contributed by atoms with Gasteiger partial charge in [0.1, 0.15) is 0 Å². The molecule has 3 fully saturated rings. The number of piperidine rings is 1. The Balaban J connectivity index is 1.90. The highest BCUT2D eigenvalue weighted by molar-refractivity contribution is 5.17. The highest BCUT2D eigenvalue weighted by Crippen LogP contribution is 2.55. The summed E-state index contributed by atoms with van der Waals surface area (Å²) in [4.78, 5) is 0. The molecular weight excluding hydrogens is 98.1 g/mol. The molecule has 1 saturated heterocycles. The molecule has 1 N–H and O–H groups in total. The molecular formula is C7H11N. The zero-order valence-corrected chi connectivity index (χ0v) is 4.98. The van der Waals surface area contributed by atoms with Gasteiger partial charge in [-0.25, -0.2) is 0 Å². The summed E-state index contributed by atoms with van der Waals surface area (Å²) in [6.45, 7) is 0. The molecule has 1 heterocycles. The molecule has 0 radical (unpaired) electrons. The Morgan fingerprint density at radius 1 is 1.38 bits per heavy atom. The van der Waals surface area contributed by atoms with Crippen molar-refractivity contribution in [2.45, 2.75) is 37.3 Å². The fourth-order valence-corrected chi connectivity index (χ4v) is 2.10. The van der Waals surface area contributed by atoms with Crippen LogP contribution in [0.15, 0.2) is 0 Å². The molecule has 2 saturated carbocycles. The van der Waals surface area contributed by atoms with Gasteiger partial charge in [0.25, 0.3) is 0 Å². The van der Waals surface area contributed by atoms with Gasteiger partial charge in [0.2, 0.25) is 0 Å². The molecule has 2 unspecified atom stereocenters. The van der Waals surface area contributed by atoms with E-state index in [0.29, 0.717) is 5.54 Å². The van der Waals surface area contributed by atoms with E-state index in [1.54, 1.807) is 0 Å². The van der Waals surface area contributed by atoms with Crippen molar-refractivity contribution in [2.24, 2.45) is 5.92 Å². The monoisotopic (exact) mass is 109 g/mol. The maximum absolute atomic E-state index is 3.68. The van der Waals surface area contributed by atoms with Crippen LogP contribution in [-0.4, -0.2) is 11.6 Å². The summed E-state index contributed by atoms with van der Waals surface area (Å²) in [6.07, 6.45) is 5.94. The third-order valence-electron chi connectivity index (χ3n) is 2.92. The van der Waals surface area contributed by atoms with Crippen molar-refractivity contribution >= 4 is 0 Å². The third-order valence-corrected chi connectivity index (χ3v) is 2.92. The Labute approximate surface area is 49.5 Å². The van der Waals surface area contributed by atoms with Crippen molar-refractivity contribution in [1.29, 1.82) is 0 Å². The number of hydrogen-bond acceptors (Lipinski definition) is 1. The molecule has 8 heavy (non-hydrogen) atoms. The molecule has 3 rings (SSSR count). The van der Waals surface area contributed by atoms with E-state index in [2.05, 4.69) is 5.32 Å². The Morgan fingerprint density at radius 3 is 2.62 bits per heavy atom. The molecule has 1 heteroatoms. The highest BCUT2D eigenvalue weighted by Gasteiger charge is 2.58. The minimum atomic E-state index is 0.716. The molecule has 0 amide bonds. The van der Waals surface area contributed by atoms with Crippen LogP contribution >= 0.6 is 0 Å². The van der Waals surface area contributed by atoms with Crippen LogP contribution in [-0.2, 0) is 0 Å². The zero-order chi connectivity index (χ0) is 5.19. The van der Waals surface area contributed by atoms with Crippen LogP contribution in [0.5, 0.6) is 0 Å². The lowest BCUT2D eigenvalue weighted by atomic mass is 10.1. The molecule has 1 nitrogen and oxygen atoms in total. The van der Waals surface area contributed by atoms with E-state index in [0.717, 1.165) is 12.0 Å². The smallest absolute Gasteiger partial charge is 0.0188 e. The summed E-state index contributed by atoms with van der Waals surface area (Å²) in [5.41, 5.74) is 0.716. The van der Waals surface area contributed by atoms with Crippen LogP contribution in [0.25, 0.3) is 0 Å². The van der Waals surface area contributed by atoms with Crippen LogP contribution in [0.2, 0.25) is 0 Å². The van der Waals surface area contributed by atoms with E-state index in [1.807, 2.05) is 0 Å². The van der Waals surface area contributed by atoms with E-state index in [1.165, 1.54) is 25.7 Å². The van der Waals surface area contributed by atoms with Gasteiger partial charge in [-0.2, -0.15) is 0 Å². The number of hydrogen-bond donors (Lipinski definition) is 1. The second kappa shape index (κ2) is 0.860. The lowest BCUT2D eigenvalue weighted by Crippen LogP contribution is -2.26. The summed E-state index contributed by atoms with van der Waals surface area (Å²) in [6, 6.07) is 0.970. The van der Waals surface area contributed by atoms with E-state index in [-0.39, 0.29) is 0 Å². The number of nitrogens with one attached hydrogen (secondary N) is 1. The standard InChI is InChI=1S/C7H11N/c1-2-7(1)4-5-3-6(5)8-7/h5-6,8H,1-4H2. The van der Waals surface area contributed by atoms with Crippen LogP contribution in [0.4, 0.5) is 0 Å². The first-order chi connectivity index (χ1) is 3.88. The number of fused-ring (bicyclic) bond motifs is 1. The van der Waals surface area contributed by atoms with Crippen molar-refractivity contribution < 1.29 is 0 Å². The van der Waals surface area contributed by atoms with E-state index < -0.39 is 0 Å². The fraction of sp³-hybridized carbons (Fsp3) is 1.00. The van der Waals surface area contributed by atoms with Gasteiger partial charge in [-0.1, -0.05) is 0 Å². The van der Waals surface area contributed by atoms with Gasteiger partial charge in [0.05, 0.1) is 0 Å². The van der Waals surface area contributed by atoms with E-state index >= 15 is 0 Å². The largest absolute Gasteiger partial charge is 0.308 e. The Morgan fingerprint density at radius 2 is 2.25 bits per heavy atom. The minimum Gasteiger partial charge on any atom is -0.308 e. The molecule has 0 bridgehead atoms. The topological polar surface area (TPSA) is 12.0 Å². The quantitative estimate of drug-likeness (QED) is 0.487. The first-order valence-electron chi connectivity index (χ1n) is 3.66. The van der Waals surface area contributed by atoms with Gasteiger partial charge < -0.3 is 5.32 Å². The van der Waals surface area contributed by atoms with Crippen molar-refractivity contribution in [3.8, 4) is 0 Å². The third kappa shape index (κ3) is 0.334. The summed E-state index contributed by atoms with van der Waals surface area (Å²) in [5, 5.41) is 3.68. The van der Waals surface area contributed by atoms with Gasteiger partial charge in [0, 0.05) is 11.6 Å². The SMILES string of the molecule is C1C2CC3(CC3)NC12. The molecule has 2 atom stereocenters. The average Bonchev–Trinajstić information content (AvgIpc) is 2.58. The Bertz CT molecular complexity index is 125. The lowest BCUT2D eigenvalue weighted by Gasteiger charge is -2.07. The fourth-order valence-electron chi connectivity index (χ4n) is 2.10.